The maximum atomic E-state index is 13.7. The van der Waals surface area contributed by atoms with E-state index in [1.54, 1.807) is 0 Å². The molecule has 0 bridgehead atoms. The van der Waals surface area contributed by atoms with Crippen LogP contribution in [0.5, 0.6) is 0 Å². The fourth-order valence-corrected chi connectivity index (χ4v) is 2.60. The fourth-order valence-electron chi connectivity index (χ4n) is 2.12. The topological polar surface area (TPSA) is 72.6 Å². The first-order valence-electron chi connectivity index (χ1n) is 6.94. The Kier molecular flexibility index (Phi) is 6.16. The van der Waals surface area contributed by atoms with Crippen molar-refractivity contribution in [3.05, 3.63) is 68.0 Å². The summed E-state index contributed by atoms with van der Waals surface area (Å²) >= 11 is 7.50. The average Bonchev–Trinajstić information content (AvgIpc) is 2.56. The highest BCUT2D eigenvalue weighted by Crippen LogP contribution is 2.37. The number of alkyl halides is 3. The number of aliphatic hydroxyl groups is 1. The van der Waals surface area contributed by atoms with Crippen molar-refractivity contribution >= 4 is 40.2 Å². The predicted molar refractivity (Wildman–Crippen MR) is 93.5 cm³/mol. The van der Waals surface area contributed by atoms with Crippen LogP contribution in [0.3, 0.4) is 0 Å². The van der Waals surface area contributed by atoms with Gasteiger partial charge in [-0.15, -0.1) is 0 Å². The number of ether oxygens (including phenoxy) is 1. The number of hydrogen-bond donors (Lipinski definition) is 2. The van der Waals surface area contributed by atoms with E-state index in [9.17, 15) is 27.5 Å². The van der Waals surface area contributed by atoms with Gasteiger partial charge in [0.2, 0.25) is 0 Å². The first kappa shape index (κ1) is 20.9. The molecular weight excluding hydrogens is 493 g/mol. The quantitative estimate of drug-likeness (QED) is 0.286. The second kappa shape index (κ2) is 7.67. The summed E-state index contributed by atoms with van der Waals surface area (Å²) in [6, 6.07) is 6.87. The maximum Gasteiger partial charge on any atom is 0.491 e. The molecule has 0 heterocycles. The van der Waals surface area contributed by atoms with Crippen LogP contribution in [0.1, 0.15) is 17.2 Å². The van der Waals surface area contributed by atoms with Crippen molar-refractivity contribution < 1.29 is 32.2 Å². The number of halogens is 6. The van der Waals surface area contributed by atoms with E-state index in [-0.39, 0.29) is 16.1 Å². The second-order valence-corrected chi connectivity index (χ2v) is 6.89. The Labute approximate surface area is 164 Å². The molecule has 26 heavy (non-hydrogen) atoms. The van der Waals surface area contributed by atoms with Crippen molar-refractivity contribution in [1.82, 2.24) is 0 Å². The van der Waals surface area contributed by atoms with Crippen LogP contribution >= 0.6 is 34.2 Å². The van der Waals surface area contributed by atoms with Crippen molar-refractivity contribution in [3.8, 4) is 0 Å². The molecule has 10 heteroatoms. The van der Waals surface area contributed by atoms with Gasteiger partial charge in [0.25, 0.3) is 5.79 Å². The molecule has 3 N–H and O–H groups in total. The molecular formula is C16H11ClF4INO3. The minimum atomic E-state index is -5.36. The molecule has 0 saturated carbocycles. The molecule has 2 aromatic carbocycles. The van der Waals surface area contributed by atoms with E-state index in [4.69, 9.17) is 17.3 Å². The van der Waals surface area contributed by atoms with Crippen LogP contribution in [0.4, 0.5) is 17.6 Å². The molecule has 0 aromatic heterocycles. The summed E-state index contributed by atoms with van der Waals surface area (Å²) in [4.78, 5) is 11.3. The van der Waals surface area contributed by atoms with E-state index in [0.29, 0.717) is 3.57 Å². The monoisotopic (exact) mass is 503 g/mol. The molecule has 0 aliphatic heterocycles. The summed E-state index contributed by atoms with van der Waals surface area (Å²) in [7, 11) is 0. The highest BCUT2D eigenvalue weighted by Gasteiger charge is 2.49. The van der Waals surface area contributed by atoms with Gasteiger partial charge in [-0.25, -0.2) is 9.18 Å². The van der Waals surface area contributed by atoms with Crippen LogP contribution in [0, 0.1) is 9.39 Å². The molecule has 0 aliphatic carbocycles. The zero-order valence-electron chi connectivity index (χ0n) is 12.7. The first-order valence-corrected chi connectivity index (χ1v) is 8.40. The number of carbonyl (C=O) groups is 1. The molecule has 0 saturated heterocycles. The summed E-state index contributed by atoms with van der Waals surface area (Å²) in [5.41, 5.74) is 5.52. The van der Waals surface area contributed by atoms with Gasteiger partial charge in [-0.1, -0.05) is 29.8 Å². The number of hydrogen-bond acceptors (Lipinski definition) is 4. The number of rotatable bonds is 4. The Hall–Kier alpha value is -1.43. The van der Waals surface area contributed by atoms with Crippen molar-refractivity contribution in [2.75, 3.05) is 0 Å². The Morgan fingerprint density at radius 3 is 2.27 bits per heavy atom. The van der Waals surface area contributed by atoms with Gasteiger partial charge in [-0.05, 0) is 52.4 Å². The highest BCUT2D eigenvalue weighted by molar-refractivity contribution is 14.1. The Morgan fingerprint density at radius 1 is 1.19 bits per heavy atom. The summed E-state index contributed by atoms with van der Waals surface area (Å²) < 4.78 is 56.6. The van der Waals surface area contributed by atoms with Crippen molar-refractivity contribution in [2.45, 2.75) is 18.0 Å². The first-order chi connectivity index (χ1) is 11.9. The molecule has 0 aliphatic rings. The van der Waals surface area contributed by atoms with Gasteiger partial charge in [0.1, 0.15) is 11.9 Å². The third-order valence-corrected chi connectivity index (χ3v) is 4.49. The number of benzene rings is 2. The summed E-state index contributed by atoms with van der Waals surface area (Å²) in [5.74, 6) is -6.42. The molecule has 0 amide bonds. The lowest BCUT2D eigenvalue weighted by Crippen LogP contribution is -2.45. The smallest absolute Gasteiger partial charge is 0.420 e. The van der Waals surface area contributed by atoms with Crippen LogP contribution in [-0.2, 0) is 15.3 Å². The summed E-state index contributed by atoms with van der Waals surface area (Å²) in [6.07, 6.45) is -5.36. The van der Waals surface area contributed by atoms with Crippen molar-refractivity contribution in [3.63, 3.8) is 0 Å². The molecule has 0 fully saturated rings. The minimum Gasteiger partial charge on any atom is -0.420 e. The van der Waals surface area contributed by atoms with E-state index in [1.807, 2.05) is 22.6 Å². The van der Waals surface area contributed by atoms with Gasteiger partial charge in [0.05, 0.1) is 5.02 Å². The van der Waals surface area contributed by atoms with E-state index in [1.165, 1.54) is 30.3 Å². The third-order valence-electron chi connectivity index (χ3n) is 3.46. The number of nitrogens with two attached hydrogens (primary N) is 1. The van der Waals surface area contributed by atoms with Crippen molar-refractivity contribution in [1.29, 1.82) is 0 Å². The second-order valence-electron chi connectivity index (χ2n) is 5.24. The lowest BCUT2D eigenvalue weighted by molar-refractivity contribution is -0.259. The zero-order chi connectivity index (χ0) is 19.7. The molecule has 0 radical (unpaired) electrons. The number of carbonyl (C=O) groups excluding carboxylic acids is 1. The van der Waals surface area contributed by atoms with E-state index in [0.717, 1.165) is 12.1 Å². The summed E-state index contributed by atoms with van der Waals surface area (Å²) in [6.45, 7) is 0. The zero-order valence-corrected chi connectivity index (χ0v) is 15.6. The largest absolute Gasteiger partial charge is 0.491 e. The Morgan fingerprint density at radius 2 is 1.77 bits per heavy atom. The molecule has 0 spiro atoms. The van der Waals surface area contributed by atoms with Gasteiger partial charge in [-0.2, -0.15) is 13.2 Å². The Bertz CT molecular complexity index is 816. The lowest BCUT2D eigenvalue weighted by Gasteiger charge is -2.34. The predicted octanol–water partition coefficient (Wildman–Crippen LogP) is 4.03. The summed E-state index contributed by atoms with van der Waals surface area (Å²) in [5, 5.41) is 10.5. The van der Waals surface area contributed by atoms with Crippen LogP contribution in [0.2, 0.25) is 5.02 Å². The van der Waals surface area contributed by atoms with Gasteiger partial charge < -0.3 is 15.6 Å². The van der Waals surface area contributed by atoms with Gasteiger partial charge in [-0.3, -0.25) is 0 Å². The van der Waals surface area contributed by atoms with E-state index < -0.39 is 29.8 Å². The van der Waals surface area contributed by atoms with Gasteiger partial charge >= 0.3 is 12.1 Å². The molecule has 2 aromatic rings. The molecule has 4 nitrogen and oxygen atoms in total. The lowest BCUT2D eigenvalue weighted by atomic mass is 9.92. The Balaban J connectivity index is 2.53. The highest BCUT2D eigenvalue weighted by atomic mass is 127. The minimum absolute atomic E-state index is 0.122. The van der Waals surface area contributed by atoms with Crippen LogP contribution in [-0.4, -0.2) is 17.3 Å². The molecule has 2 unspecified atom stereocenters. The molecule has 2 atom stereocenters. The fraction of sp³-hybridized carbons (Fsp3) is 0.188. The number of esters is 1. The van der Waals surface area contributed by atoms with Crippen LogP contribution in [0.25, 0.3) is 0 Å². The molecule has 2 rings (SSSR count). The van der Waals surface area contributed by atoms with Crippen LogP contribution < -0.4 is 5.73 Å². The SMILES string of the molecule is NC(c1ccc(Cl)c(F)c1)C(O)(OC(=O)C(F)(F)F)c1ccc(I)cc1. The van der Waals surface area contributed by atoms with E-state index >= 15 is 0 Å². The van der Waals surface area contributed by atoms with Gasteiger partial charge in [0, 0.05) is 9.13 Å². The van der Waals surface area contributed by atoms with Crippen molar-refractivity contribution in [2.24, 2.45) is 5.73 Å². The normalized spacial score (nSPS) is 15.2. The maximum absolute atomic E-state index is 13.7. The van der Waals surface area contributed by atoms with Crippen LogP contribution in [0.15, 0.2) is 42.5 Å². The van der Waals surface area contributed by atoms with E-state index in [2.05, 4.69) is 4.74 Å². The average molecular weight is 504 g/mol. The third kappa shape index (κ3) is 4.45. The standard InChI is InChI=1S/C16H11ClF4INO3/c17-11-6-1-8(7-12(11)18)13(23)15(25,26-14(24)16(19,20)21)9-2-4-10(22)5-3-9/h1-7,13,25H,23H2. The van der Waals surface area contributed by atoms with Gasteiger partial charge in [0.15, 0.2) is 0 Å². The molecule has 140 valence electrons.